The summed E-state index contributed by atoms with van der Waals surface area (Å²) in [6.45, 7) is 0.677. The summed E-state index contributed by atoms with van der Waals surface area (Å²) in [5.41, 5.74) is 7.62. The van der Waals surface area contributed by atoms with Crippen LogP contribution in [0.4, 0.5) is 17.2 Å². The van der Waals surface area contributed by atoms with Gasteiger partial charge in [0, 0.05) is 13.7 Å². The zero-order valence-electron chi connectivity index (χ0n) is 14.0. The molecule has 2 heterocycles. The second kappa shape index (κ2) is 7.62. The van der Waals surface area contributed by atoms with Crippen molar-refractivity contribution in [3.05, 3.63) is 64.0 Å². The molecule has 0 atom stereocenters. The first kappa shape index (κ1) is 17.4. The molecule has 1 aromatic carbocycles. The number of pyridine rings is 1. The van der Waals surface area contributed by atoms with Gasteiger partial charge in [-0.05, 0) is 11.6 Å². The fraction of sp³-hybridized carbons (Fsp3) is 0.176. The molecule has 0 unspecified atom stereocenters. The van der Waals surface area contributed by atoms with Crippen molar-refractivity contribution in [1.82, 2.24) is 9.97 Å². The molecule has 9 heteroatoms. The maximum atomic E-state index is 11.4. The Morgan fingerprint density at radius 3 is 2.77 bits per heavy atom. The predicted molar refractivity (Wildman–Crippen MR) is 95.3 cm³/mol. The van der Waals surface area contributed by atoms with Crippen LogP contribution in [0.1, 0.15) is 11.3 Å². The van der Waals surface area contributed by atoms with E-state index in [4.69, 9.17) is 14.9 Å². The highest BCUT2D eigenvalue weighted by Gasteiger charge is 2.23. The van der Waals surface area contributed by atoms with Crippen molar-refractivity contribution >= 4 is 17.2 Å². The van der Waals surface area contributed by atoms with E-state index in [2.05, 4.69) is 15.3 Å². The van der Waals surface area contributed by atoms with Gasteiger partial charge in [0.05, 0.1) is 11.5 Å². The zero-order valence-corrected chi connectivity index (χ0v) is 14.0. The maximum Gasteiger partial charge on any atom is 0.334 e. The number of nitrogen functional groups attached to an aromatic ring is 1. The summed E-state index contributed by atoms with van der Waals surface area (Å²) in [6, 6.07) is 11.0. The summed E-state index contributed by atoms with van der Waals surface area (Å²) in [7, 11) is 1.54. The van der Waals surface area contributed by atoms with Crippen molar-refractivity contribution in [3.8, 4) is 11.6 Å². The van der Waals surface area contributed by atoms with E-state index in [0.29, 0.717) is 17.9 Å². The Bertz CT molecular complexity index is 911. The van der Waals surface area contributed by atoms with E-state index in [0.717, 1.165) is 5.56 Å². The molecule has 0 radical (unpaired) electrons. The zero-order chi connectivity index (χ0) is 18.5. The van der Waals surface area contributed by atoms with E-state index < -0.39 is 4.92 Å². The number of hydrogen-bond donors (Lipinski definition) is 2. The molecule has 9 nitrogen and oxygen atoms in total. The molecule has 0 saturated carbocycles. The molecule has 0 saturated heterocycles. The number of ether oxygens (including phenoxy) is 1. The third kappa shape index (κ3) is 3.78. The molecule has 0 aliphatic carbocycles. The van der Waals surface area contributed by atoms with Gasteiger partial charge in [0.25, 0.3) is 0 Å². The van der Waals surface area contributed by atoms with Gasteiger partial charge in [0.1, 0.15) is 23.3 Å². The maximum absolute atomic E-state index is 11.4. The quantitative estimate of drug-likeness (QED) is 0.489. The third-order valence-corrected chi connectivity index (χ3v) is 3.59. The standard InChI is InChI=1S/C17H17N5O4/c1-25-9-12-10-26-17(20-12)14-7-13(15(22(23)24)16(18)21-14)19-8-11-5-3-2-4-6-11/h2-7,10H,8-9H2,1H3,(H3,18,19,21). The van der Waals surface area contributed by atoms with Gasteiger partial charge in [-0.2, -0.15) is 0 Å². The Morgan fingerprint density at radius 2 is 2.08 bits per heavy atom. The molecular formula is C17H17N5O4. The Kier molecular flexibility index (Phi) is 5.09. The molecule has 0 aliphatic rings. The number of hydrogen-bond acceptors (Lipinski definition) is 8. The minimum absolute atomic E-state index is 0.210. The number of methoxy groups -OCH3 is 1. The topological polar surface area (TPSA) is 129 Å². The Labute approximate surface area is 149 Å². The van der Waals surface area contributed by atoms with Crippen molar-refractivity contribution < 1.29 is 14.1 Å². The van der Waals surface area contributed by atoms with Crippen LogP contribution in [0.25, 0.3) is 11.6 Å². The number of nitrogens with zero attached hydrogens (tertiary/aromatic N) is 3. The highest BCUT2D eigenvalue weighted by Crippen LogP contribution is 2.33. The second-order valence-corrected chi connectivity index (χ2v) is 5.46. The van der Waals surface area contributed by atoms with E-state index in [1.165, 1.54) is 12.3 Å². The van der Waals surface area contributed by atoms with Crippen LogP contribution in [-0.4, -0.2) is 22.0 Å². The van der Waals surface area contributed by atoms with E-state index in [-0.39, 0.29) is 29.7 Å². The second-order valence-electron chi connectivity index (χ2n) is 5.46. The molecule has 0 amide bonds. The van der Waals surface area contributed by atoms with Crippen LogP contribution >= 0.6 is 0 Å². The number of nitro groups is 1. The number of benzene rings is 1. The highest BCUT2D eigenvalue weighted by atomic mass is 16.6. The van der Waals surface area contributed by atoms with E-state index in [1.54, 1.807) is 7.11 Å². The number of rotatable bonds is 7. The van der Waals surface area contributed by atoms with Crippen LogP contribution in [0.15, 0.2) is 47.1 Å². The van der Waals surface area contributed by atoms with Gasteiger partial charge in [0.15, 0.2) is 0 Å². The molecule has 26 heavy (non-hydrogen) atoms. The van der Waals surface area contributed by atoms with Crippen molar-refractivity contribution in [2.45, 2.75) is 13.2 Å². The first-order valence-corrected chi connectivity index (χ1v) is 7.75. The van der Waals surface area contributed by atoms with Crippen LogP contribution in [0.2, 0.25) is 0 Å². The van der Waals surface area contributed by atoms with Gasteiger partial charge in [-0.25, -0.2) is 9.97 Å². The van der Waals surface area contributed by atoms with Crippen LogP contribution < -0.4 is 11.1 Å². The van der Waals surface area contributed by atoms with Crippen LogP contribution in [0.3, 0.4) is 0 Å². The van der Waals surface area contributed by atoms with E-state index in [9.17, 15) is 10.1 Å². The summed E-state index contributed by atoms with van der Waals surface area (Å²) in [5, 5.41) is 14.4. The van der Waals surface area contributed by atoms with Gasteiger partial charge in [-0.15, -0.1) is 0 Å². The Hall–Kier alpha value is -3.46. The van der Waals surface area contributed by atoms with Crippen molar-refractivity contribution in [2.75, 3.05) is 18.2 Å². The molecule has 3 rings (SSSR count). The third-order valence-electron chi connectivity index (χ3n) is 3.59. The molecule has 0 spiro atoms. The van der Waals surface area contributed by atoms with Crippen LogP contribution in [-0.2, 0) is 17.9 Å². The predicted octanol–water partition coefficient (Wildman–Crippen LogP) is 2.99. The molecule has 2 aromatic heterocycles. The Balaban J connectivity index is 1.94. The molecule has 3 N–H and O–H groups in total. The number of nitrogens with one attached hydrogen (secondary N) is 1. The smallest absolute Gasteiger partial charge is 0.334 e. The lowest BCUT2D eigenvalue weighted by molar-refractivity contribution is -0.383. The lowest BCUT2D eigenvalue weighted by Crippen LogP contribution is -2.07. The summed E-state index contributed by atoms with van der Waals surface area (Å²) in [5.74, 6) is -0.00374. The molecule has 0 aliphatic heterocycles. The minimum Gasteiger partial charge on any atom is -0.443 e. The number of anilines is 2. The highest BCUT2D eigenvalue weighted by molar-refractivity contribution is 5.76. The summed E-state index contributed by atoms with van der Waals surface area (Å²) >= 11 is 0. The SMILES string of the molecule is COCc1coc(-c2cc(NCc3ccccc3)c([N+](=O)[O-])c(N)n2)n1. The van der Waals surface area contributed by atoms with Gasteiger partial charge >= 0.3 is 5.69 Å². The van der Waals surface area contributed by atoms with Crippen molar-refractivity contribution in [3.63, 3.8) is 0 Å². The summed E-state index contributed by atoms with van der Waals surface area (Å²) in [6.07, 6.45) is 1.44. The lowest BCUT2D eigenvalue weighted by Gasteiger charge is -2.09. The van der Waals surface area contributed by atoms with Crippen molar-refractivity contribution in [1.29, 1.82) is 0 Å². The average molecular weight is 355 g/mol. The van der Waals surface area contributed by atoms with E-state index >= 15 is 0 Å². The minimum atomic E-state index is -0.564. The van der Waals surface area contributed by atoms with E-state index in [1.807, 2.05) is 30.3 Å². The van der Waals surface area contributed by atoms with Crippen molar-refractivity contribution in [2.24, 2.45) is 0 Å². The van der Waals surface area contributed by atoms with Gasteiger partial charge in [-0.3, -0.25) is 10.1 Å². The molecular weight excluding hydrogens is 338 g/mol. The fourth-order valence-corrected chi connectivity index (χ4v) is 2.43. The number of oxazole rings is 1. The summed E-state index contributed by atoms with van der Waals surface area (Å²) < 4.78 is 10.4. The lowest BCUT2D eigenvalue weighted by atomic mass is 10.2. The molecule has 0 fully saturated rings. The van der Waals surface area contributed by atoms with Gasteiger partial charge < -0.3 is 20.2 Å². The fourth-order valence-electron chi connectivity index (χ4n) is 2.43. The van der Waals surface area contributed by atoms with Crippen LogP contribution in [0, 0.1) is 10.1 Å². The molecule has 134 valence electrons. The molecule has 0 bridgehead atoms. The summed E-state index contributed by atoms with van der Waals surface area (Å²) in [4.78, 5) is 19.1. The first-order chi connectivity index (χ1) is 12.6. The largest absolute Gasteiger partial charge is 0.443 e. The Morgan fingerprint density at radius 1 is 1.31 bits per heavy atom. The average Bonchev–Trinajstić information content (AvgIpc) is 3.09. The van der Waals surface area contributed by atoms with Gasteiger partial charge in [-0.1, -0.05) is 30.3 Å². The first-order valence-electron chi connectivity index (χ1n) is 7.75. The normalized spacial score (nSPS) is 10.7. The van der Waals surface area contributed by atoms with Crippen LogP contribution in [0.5, 0.6) is 0 Å². The number of nitrogens with two attached hydrogens (primary N) is 1. The van der Waals surface area contributed by atoms with Gasteiger partial charge in [0.2, 0.25) is 11.7 Å². The number of aromatic nitrogens is 2. The monoisotopic (exact) mass is 355 g/mol. The molecule has 3 aromatic rings.